The highest BCUT2D eigenvalue weighted by atomic mass is 35.5. The zero-order chi connectivity index (χ0) is 13.7. The van der Waals surface area contributed by atoms with E-state index in [-0.39, 0.29) is 6.10 Å². The van der Waals surface area contributed by atoms with E-state index in [4.69, 9.17) is 21.1 Å². The first kappa shape index (κ1) is 14.5. The molecule has 1 atom stereocenters. The standard InChI is InChI=1S/C13H20ClN3O2/c1-17(8-10-5-3-4-6-19-10)13-7-11(14)15-12(16-13)9-18-2/h7,10H,3-6,8-9H2,1-2H3. The number of aromatic nitrogens is 2. The fraction of sp³-hybridized carbons (Fsp3) is 0.692. The van der Waals surface area contributed by atoms with Crippen molar-refractivity contribution in [3.8, 4) is 0 Å². The molecule has 1 aliphatic rings. The Bertz CT molecular complexity index is 411. The van der Waals surface area contributed by atoms with Gasteiger partial charge in [-0.1, -0.05) is 11.6 Å². The lowest BCUT2D eigenvalue weighted by Gasteiger charge is -2.28. The number of anilines is 1. The number of hydrogen-bond acceptors (Lipinski definition) is 5. The first-order valence-electron chi connectivity index (χ1n) is 6.54. The molecule has 1 aliphatic heterocycles. The maximum atomic E-state index is 6.01. The van der Waals surface area contributed by atoms with Crippen LogP contribution in [0.4, 0.5) is 5.82 Å². The van der Waals surface area contributed by atoms with Crippen molar-refractivity contribution in [2.75, 3.05) is 32.2 Å². The summed E-state index contributed by atoms with van der Waals surface area (Å²) in [6.07, 6.45) is 3.78. The van der Waals surface area contributed by atoms with Crippen molar-refractivity contribution >= 4 is 17.4 Å². The first-order valence-corrected chi connectivity index (χ1v) is 6.92. The summed E-state index contributed by atoms with van der Waals surface area (Å²) in [7, 11) is 3.61. The van der Waals surface area contributed by atoms with E-state index in [2.05, 4.69) is 14.9 Å². The van der Waals surface area contributed by atoms with E-state index < -0.39 is 0 Å². The smallest absolute Gasteiger partial charge is 0.158 e. The number of methoxy groups -OCH3 is 1. The van der Waals surface area contributed by atoms with E-state index in [0.29, 0.717) is 17.6 Å². The number of ether oxygens (including phenoxy) is 2. The lowest BCUT2D eigenvalue weighted by molar-refractivity contribution is 0.0215. The number of likely N-dealkylation sites (N-methyl/N-ethyl adjacent to an activating group) is 1. The summed E-state index contributed by atoms with van der Waals surface area (Å²) in [6, 6.07) is 1.77. The Morgan fingerprint density at radius 1 is 1.47 bits per heavy atom. The van der Waals surface area contributed by atoms with Gasteiger partial charge in [-0.15, -0.1) is 0 Å². The Hall–Kier alpha value is -0.910. The Kier molecular flexibility index (Phi) is 5.36. The van der Waals surface area contributed by atoms with Gasteiger partial charge in [-0.25, -0.2) is 9.97 Å². The molecule has 2 heterocycles. The van der Waals surface area contributed by atoms with Gasteiger partial charge in [-0.2, -0.15) is 0 Å². The topological polar surface area (TPSA) is 47.5 Å². The van der Waals surface area contributed by atoms with Crippen LogP contribution in [0.25, 0.3) is 0 Å². The molecule has 1 fully saturated rings. The van der Waals surface area contributed by atoms with Crippen LogP contribution in [0.2, 0.25) is 5.15 Å². The molecule has 0 amide bonds. The third-order valence-corrected chi connectivity index (χ3v) is 3.34. The molecule has 106 valence electrons. The highest BCUT2D eigenvalue weighted by molar-refractivity contribution is 6.29. The van der Waals surface area contributed by atoms with Gasteiger partial charge in [-0.3, -0.25) is 0 Å². The minimum Gasteiger partial charge on any atom is -0.377 e. The molecule has 0 aliphatic carbocycles. The molecule has 0 spiro atoms. The minimum absolute atomic E-state index is 0.276. The largest absolute Gasteiger partial charge is 0.377 e. The van der Waals surface area contributed by atoms with Crippen molar-refractivity contribution in [2.45, 2.75) is 32.0 Å². The fourth-order valence-electron chi connectivity index (χ4n) is 2.19. The van der Waals surface area contributed by atoms with E-state index in [1.165, 1.54) is 6.42 Å². The first-order chi connectivity index (χ1) is 9.19. The van der Waals surface area contributed by atoms with Crippen LogP contribution in [0.15, 0.2) is 6.07 Å². The Morgan fingerprint density at radius 3 is 3.00 bits per heavy atom. The van der Waals surface area contributed by atoms with Crippen LogP contribution in [0.1, 0.15) is 25.1 Å². The van der Waals surface area contributed by atoms with Crippen molar-refractivity contribution in [3.63, 3.8) is 0 Å². The molecule has 0 saturated carbocycles. The molecular weight excluding hydrogens is 266 g/mol. The molecule has 1 unspecified atom stereocenters. The summed E-state index contributed by atoms with van der Waals surface area (Å²) in [5.74, 6) is 1.41. The second kappa shape index (κ2) is 7.03. The van der Waals surface area contributed by atoms with Crippen LogP contribution in [-0.2, 0) is 16.1 Å². The van der Waals surface area contributed by atoms with Gasteiger partial charge < -0.3 is 14.4 Å². The zero-order valence-electron chi connectivity index (χ0n) is 11.4. The molecule has 0 radical (unpaired) electrons. The highest BCUT2D eigenvalue weighted by Gasteiger charge is 2.17. The van der Waals surface area contributed by atoms with Crippen LogP contribution in [0.5, 0.6) is 0 Å². The molecule has 1 aromatic rings. The van der Waals surface area contributed by atoms with Crippen molar-refractivity contribution in [1.82, 2.24) is 9.97 Å². The van der Waals surface area contributed by atoms with Gasteiger partial charge >= 0.3 is 0 Å². The summed E-state index contributed by atoms with van der Waals surface area (Å²) in [5.41, 5.74) is 0. The number of hydrogen-bond donors (Lipinski definition) is 0. The zero-order valence-corrected chi connectivity index (χ0v) is 12.2. The van der Waals surface area contributed by atoms with Gasteiger partial charge in [0.15, 0.2) is 5.82 Å². The van der Waals surface area contributed by atoms with Crippen molar-refractivity contribution in [2.24, 2.45) is 0 Å². The quantitative estimate of drug-likeness (QED) is 0.777. The van der Waals surface area contributed by atoms with Crippen LogP contribution in [0.3, 0.4) is 0 Å². The van der Waals surface area contributed by atoms with Crippen LogP contribution < -0.4 is 4.90 Å². The summed E-state index contributed by atoms with van der Waals surface area (Å²) in [6.45, 7) is 2.04. The third kappa shape index (κ3) is 4.30. The van der Waals surface area contributed by atoms with Crippen molar-refractivity contribution < 1.29 is 9.47 Å². The van der Waals surface area contributed by atoms with E-state index in [1.54, 1.807) is 13.2 Å². The molecule has 2 rings (SSSR count). The second-order valence-corrected chi connectivity index (χ2v) is 5.15. The van der Waals surface area contributed by atoms with E-state index >= 15 is 0 Å². The summed E-state index contributed by atoms with van der Waals surface area (Å²) in [4.78, 5) is 10.6. The van der Waals surface area contributed by atoms with E-state index in [0.717, 1.165) is 31.8 Å². The minimum atomic E-state index is 0.276. The molecule has 0 N–H and O–H groups in total. The number of rotatable bonds is 5. The maximum Gasteiger partial charge on any atom is 0.158 e. The second-order valence-electron chi connectivity index (χ2n) is 4.77. The van der Waals surface area contributed by atoms with Gasteiger partial charge in [0, 0.05) is 33.4 Å². The van der Waals surface area contributed by atoms with Crippen LogP contribution in [-0.4, -0.2) is 43.4 Å². The predicted molar refractivity (Wildman–Crippen MR) is 74.6 cm³/mol. The lowest BCUT2D eigenvalue weighted by atomic mass is 10.1. The van der Waals surface area contributed by atoms with Gasteiger partial charge in [0.2, 0.25) is 0 Å². The molecule has 1 saturated heterocycles. The molecule has 6 heteroatoms. The molecular formula is C13H20ClN3O2. The fourth-order valence-corrected chi connectivity index (χ4v) is 2.39. The molecule has 19 heavy (non-hydrogen) atoms. The summed E-state index contributed by atoms with van der Waals surface area (Å²) < 4.78 is 10.8. The van der Waals surface area contributed by atoms with E-state index in [9.17, 15) is 0 Å². The average molecular weight is 286 g/mol. The van der Waals surface area contributed by atoms with Crippen molar-refractivity contribution in [1.29, 1.82) is 0 Å². The summed E-state index contributed by atoms with van der Waals surface area (Å²) in [5, 5.41) is 0.438. The number of halogens is 1. The van der Waals surface area contributed by atoms with Gasteiger partial charge in [-0.05, 0) is 19.3 Å². The maximum absolute atomic E-state index is 6.01. The van der Waals surface area contributed by atoms with E-state index in [1.807, 2.05) is 7.05 Å². The Morgan fingerprint density at radius 2 is 2.32 bits per heavy atom. The SMILES string of the molecule is COCc1nc(Cl)cc(N(C)CC2CCCCO2)n1. The monoisotopic (exact) mass is 285 g/mol. The van der Waals surface area contributed by atoms with Crippen LogP contribution in [0, 0.1) is 0 Å². The highest BCUT2D eigenvalue weighted by Crippen LogP contribution is 2.19. The van der Waals surface area contributed by atoms with Crippen LogP contribution >= 0.6 is 11.6 Å². The van der Waals surface area contributed by atoms with Gasteiger partial charge in [0.05, 0.1) is 6.10 Å². The van der Waals surface area contributed by atoms with Gasteiger partial charge in [0.1, 0.15) is 17.6 Å². The molecule has 0 aromatic carbocycles. The summed E-state index contributed by atoms with van der Waals surface area (Å²) >= 11 is 6.01. The van der Waals surface area contributed by atoms with Crippen molar-refractivity contribution in [3.05, 3.63) is 17.0 Å². The predicted octanol–water partition coefficient (Wildman–Crippen LogP) is 2.28. The third-order valence-electron chi connectivity index (χ3n) is 3.14. The van der Waals surface area contributed by atoms with Gasteiger partial charge in [0.25, 0.3) is 0 Å². The lowest BCUT2D eigenvalue weighted by Crippen LogP contribution is -2.34. The normalized spacial score (nSPS) is 19.4. The molecule has 0 bridgehead atoms. The molecule has 1 aromatic heterocycles. The average Bonchev–Trinajstić information content (AvgIpc) is 2.39. The number of nitrogens with zero attached hydrogens (tertiary/aromatic N) is 3. The Labute approximate surface area is 118 Å². The Balaban J connectivity index is 2.02. The molecule has 5 nitrogen and oxygen atoms in total.